The molecule has 0 bridgehead atoms. The van der Waals surface area contributed by atoms with Crippen LogP contribution in [-0.4, -0.2) is 5.54 Å². The Morgan fingerprint density at radius 2 is 1.45 bits per heavy atom. The van der Waals surface area contributed by atoms with Gasteiger partial charge in [0.2, 0.25) is 0 Å². The molecule has 3 rings (SSSR count). The second kappa shape index (κ2) is 4.64. The molecule has 2 heteroatoms. The first-order chi connectivity index (χ1) is 9.51. The van der Waals surface area contributed by atoms with Gasteiger partial charge in [-0.25, -0.2) is 0 Å². The molecule has 104 valence electrons. The molecule has 0 heterocycles. The molecule has 2 N–H and O–H groups in total. The first-order valence-corrected chi connectivity index (χ1v) is 7.14. The Labute approximate surface area is 120 Å². The molecule has 0 unspecified atom stereocenters. The smallest absolute Gasteiger partial charge is 0.127 e. The summed E-state index contributed by atoms with van der Waals surface area (Å²) in [5, 5.41) is 0. The minimum atomic E-state index is -0.172. The van der Waals surface area contributed by atoms with Gasteiger partial charge in [-0.1, -0.05) is 30.3 Å². The van der Waals surface area contributed by atoms with E-state index in [4.69, 9.17) is 10.5 Å². The summed E-state index contributed by atoms with van der Waals surface area (Å²) >= 11 is 0. The lowest BCUT2D eigenvalue weighted by Gasteiger charge is -2.31. The van der Waals surface area contributed by atoms with Crippen LogP contribution in [0.4, 0.5) is 0 Å². The van der Waals surface area contributed by atoms with E-state index >= 15 is 0 Å². The monoisotopic (exact) mass is 267 g/mol. The van der Waals surface area contributed by atoms with E-state index in [2.05, 4.69) is 26.0 Å². The maximum absolute atomic E-state index is 6.34. The molecule has 0 aromatic heterocycles. The van der Waals surface area contributed by atoms with Crippen LogP contribution >= 0.6 is 0 Å². The predicted octanol–water partition coefficient (Wildman–Crippen LogP) is 4.25. The van der Waals surface area contributed by atoms with Gasteiger partial charge in [0.15, 0.2) is 0 Å². The molecule has 0 aliphatic heterocycles. The Morgan fingerprint density at radius 1 is 0.900 bits per heavy atom. The molecular formula is C18H21NO. The fraction of sp³-hybridized carbons (Fsp3) is 0.333. The van der Waals surface area contributed by atoms with E-state index in [-0.39, 0.29) is 11.0 Å². The Hall–Kier alpha value is -1.80. The molecule has 1 fully saturated rings. The van der Waals surface area contributed by atoms with Crippen LogP contribution in [0.5, 0.6) is 11.5 Å². The average Bonchev–Trinajstić information content (AvgIpc) is 3.22. The van der Waals surface area contributed by atoms with Crippen molar-refractivity contribution >= 4 is 0 Å². The van der Waals surface area contributed by atoms with Gasteiger partial charge < -0.3 is 10.5 Å². The quantitative estimate of drug-likeness (QED) is 0.899. The predicted molar refractivity (Wildman–Crippen MR) is 82.1 cm³/mol. The third-order valence-corrected chi connectivity index (χ3v) is 4.37. The highest BCUT2D eigenvalue weighted by Crippen LogP contribution is 2.54. The Balaban J connectivity index is 1.79. The molecule has 20 heavy (non-hydrogen) atoms. The number of nitrogens with two attached hydrogens (primary N) is 1. The zero-order valence-electron chi connectivity index (χ0n) is 12.1. The van der Waals surface area contributed by atoms with Crippen molar-refractivity contribution in [2.45, 2.75) is 37.6 Å². The van der Waals surface area contributed by atoms with Crippen LogP contribution in [0.3, 0.4) is 0 Å². The molecule has 0 spiro atoms. The van der Waals surface area contributed by atoms with Crippen LogP contribution in [0.1, 0.15) is 32.3 Å². The number of hydrogen-bond acceptors (Lipinski definition) is 2. The Morgan fingerprint density at radius 3 is 1.95 bits per heavy atom. The van der Waals surface area contributed by atoms with Gasteiger partial charge in [-0.2, -0.15) is 0 Å². The summed E-state index contributed by atoms with van der Waals surface area (Å²) in [5.74, 6) is 1.73. The standard InChI is InChI=1S/C18H21NO/c1-17(2,19)18(12-13-18)14-8-10-16(11-9-14)20-15-6-4-3-5-7-15/h3-11H,12-13,19H2,1-2H3. The van der Waals surface area contributed by atoms with Crippen LogP contribution in [0.15, 0.2) is 54.6 Å². The van der Waals surface area contributed by atoms with E-state index in [9.17, 15) is 0 Å². The lowest BCUT2D eigenvalue weighted by atomic mass is 9.79. The molecule has 0 radical (unpaired) electrons. The van der Waals surface area contributed by atoms with Crippen LogP contribution in [0, 0.1) is 0 Å². The van der Waals surface area contributed by atoms with Gasteiger partial charge in [0.1, 0.15) is 11.5 Å². The van der Waals surface area contributed by atoms with Crippen LogP contribution in [0.2, 0.25) is 0 Å². The van der Waals surface area contributed by atoms with Crippen molar-refractivity contribution in [3.05, 3.63) is 60.2 Å². The maximum atomic E-state index is 6.34. The third kappa shape index (κ3) is 2.32. The van der Waals surface area contributed by atoms with Crippen molar-refractivity contribution < 1.29 is 4.74 Å². The number of rotatable bonds is 4. The first kappa shape index (κ1) is 13.2. The molecule has 2 aromatic carbocycles. The molecule has 2 aromatic rings. The summed E-state index contributed by atoms with van der Waals surface area (Å²) < 4.78 is 5.82. The summed E-state index contributed by atoms with van der Waals surface area (Å²) in [6.07, 6.45) is 2.35. The zero-order valence-corrected chi connectivity index (χ0v) is 12.1. The Kier molecular flexibility index (Phi) is 3.06. The number of ether oxygens (including phenoxy) is 1. The molecule has 1 saturated carbocycles. The summed E-state index contributed by atoms with van der Waals surface area (Å²) in [5.41, 5.74) is 7.64. The van der Waals surface area contributed by atoms with Crippen molar-refractivity contribution in [3.8, 4) is 11.5 Å². The molecular weight excluding hydrogens is 246 g/mol. The van der Waals surface area contributed by atoms with Crippen LogP contribution in [-0.2, 0) is 5.41 Å². The maximum Gasteiger partial charge on any atom is 0.127 e. The molecule has 0 saturated heterocycles. The number of hydrogen-bond donors (Lipinski definition) is 1. The van der Waals surface area contributed by atoms with E-state index in [1.165, 1.54) is 18.4 Å². The van der Waals surface area contributed by atoms with E-state index in [1.54, 1.807) is 0 Å². The van der Waals surface area contributed by atoms with Crippen molar-refractivity contribution in [2.75, 3.05) is 0 Å². The van der Waals surface area contributed by atoms with Gasteiger partial charge in [0, 0.05) is 11.0 Å². The van der Waals surface area contributed by atoms with E-state index in [0.29, 0.717) is 0 Å². The van der Waals surface area contributed by atoms with Gasteiger partial charge in [0.05, 0.1) is 0 Å². The summed E-state index contributed by atoms with van der Waals surface area (Å²) in [7, 11) is 0. The number of para-hydroxylation sites is 1. The average molecular weight is 267 g/mol. The van der Waals surface area contributed by atoms with Gasteiger partial charge in [-0.15, -0.1) is 0 Å². The first-order valence-electron chi connectivity index (χ1n) is 7.14. The second-order valence-electron chi connectivity index (χ2n) is 6.24. The van der Waals surface area contributed by atoms with E-state index in [1.807, 2.05) is 42.5 Å². The minimum absolute atomic E-state index is 0.151. The van der Waals surface area contributed by atoms with Crippen molar-refractivity contribution in [3.63, 3.8) is 0 Å². The van der Waals surface area contributed by atoms with E-state index in [0.717, 1.165) is 11.5 Å². The fourth-order valence-corrected chi connectivity index (χ4v) is 2.90. The summed E-state index contributed by atoms with van der Waals surface area (Å²) in [4.78, 5) is 0. The topological polar surface area (TPSA) is 35.2 Å². The largest absolute Gasteiger partial charge is 0.457 e. The van der Waals surface area contributed by atoms with Crippen LogP contribution in [0.25, 0.3) is 0 Å². The van der Waals surface area contributed by atoms with Crippen molar-refractivity contribution in [2.24, 2.45) is 5.73 Å². The molecule has 1 aliphatic carbocycles. The van der Waals surface area contributed by atoms with E-state index < -0.39 is 0 Å². The third-order valence-electron chi connectivity index (χ3n) is 4.37. The lowest BCUT2D eigenvalue weighted by Crippen LogP contribution is -2.45. The van der Waals surface area contributed by atoms with Crippen molar-refractivity contribution in [1.29, 1.82) is 0 Å². The lowest BCUT2D eigenvalue weighted by molar-refractivity contribution is 0.391. The molecule has 0 atom stereocenters. The van der Waals surface area contributed by atoms with Gasteiger partial charge in [-0.3, -0.25) is 0 Å². The highest BCUT2D eigenvalue weighted by Gasteiger charge is 2.53. The Bertz CT molecular complexity index is 577. The zero-order chi connectivity index (χ0) is 14.2. The summed E-state index contributed by atoms with van der Waals surface area (Å²) in [6.45, 7) is 4.24. The second-order valence-corrected chi connectivity index (χ2v) is 6.24. The van der Waals surface area contributed by atoms with Gasteiger partial charge >= 0.3 is 0 Å². The van der Waals surface area contributed by atoms with Crippen LogP contribution < -0.4 is 10.5 Å². The highest BCUT2D eigenvalue weighted by atomic mass is 16.5. The summed E-state index contributed by atoms with van der Waals surface area (Å²) in [6, 6.07) is 18.2. The normalized spacial score (nSPS) is 16.8. The molecule has 1 aliphatic rings. The minimum Gasteiger partial charge on any atom is -0.457 e. The number of benzene rings is 2. The fourth-order valence-electron chi connectivity index (χ4n) is 2.90. The SMILES string of the molecule is CC(C)(N)C1(c2ccc(Oc3ccccc3)cc2)CC1. The van der Waals surface area contributed by atoms with Crippen molar-refractivity contribution in [1.82, 2.24) is 0 Å². The molecule has 2 nitrogen and oxygen atoms in total. The van der Waals surface area contributed by atoms with Gasteiger partial charge in [-0.05, 0) is 56.5 Å². The van der Waals surface area contributed by atoms with Gasteiger partial charge in [0.25, 0.3) is 0 Å². The molecule has 0 amide bonds. The highest BCUT2D eigenvalue weighted by molar-refractivity contribution is 5.40.